The molecule has 2 amide bonds. The number of anilines is 2. The van der Waals surface area contributed by atoms with Crippen molar-refractivity contribution in [2.75, 3.05) is 10.6 Å². The molecule has 0 aliphatic rings. The Hall–Kier alpha value is -3.66. The molecule has 0 aliphatic carbocycles. The SMILES string of the molecule is CCc1nnc(NC(=O)c2ccccc2NC(=O)c2ccc([N+](=O)[O-])cc2)s1. The fourth-order valence-electron chi connectivity index (χ4n) is 2.33. The first-order valence-corrected chi connectivity index (χ1v) is 9.08. The molecule has 0 saturated carbocycles. The summed E-state index contributed by atoms with van der Waals surface area (Å²) in [5.74, 6) is -0.919. The van der Waals surface area contributed by atoms with Crippen molar-refractivity contribution in [2.24, 2.45) is 0 Å². The zero-order chi connectivity index (χ0) is 20.1. The second kappa shape index (κ2) is 8.35. The second-order valence-corrected chi connectivity index (χ2v) is 6.67. The van der Waals surface area contributed by atoms with Crippen LogP contribution in [0.4, 0.5) is 16.5 Å². The van der Waals surface area contributed by atoms with Crippen LogP contribution in [0, 0.1) is 10.1 Å². The molecule has 3 aromatic rings. The molecule has 1 aromatic heterocycles. The van der Waals surface area contributed by atoms with Gasteiger partial charge in [-0.3, -0.25) is 25.0 Å². The highest BCUT2D eigenvalue weighted by molar-refractivity contribution is 7.15. The monoisotopic (exact) mass is 397 g/mol. The molecule has 0 saturated heterocycles. The van der Waals surface area contributed by atoms with E-state index in [4.69, 9.17) is 0 Å². The number of aryl methyl sites for hydroxylation is 1. The molecule has 0 bridgehead atoms. The summed E-state index contributed by atoms with van der Waals surface area (Å²) in [6.45, 7) is 1.94. The standard InChI is InChI=1S/C18H15N5O4S/c1-2-15-21-22-18(28-15)20-17(25)13-5-3-4-6-14(13)19-16(24)11-7-9-12(10-8-11)23(26)27/h3-10H,2H2,1H3,(H,19,24)(H,20,22,25). The van der Waals surface area contributed by atoms with Crippen molar-refractivity contribution in [2.45, 2.75) is 13.3 Å². The van der Waals surface area contributed by atoms with Crippen LogP contribution in [0.15, 0.2) is 48.5 Å². The number of nitrogens with zero attached hydrogens (tertiary/aromatic N) is 3. The summed E-state index contributed by atoms with van der Waals surface area (Å²) < 4.78 is 0. The number of hydrogen-bond donors (Lipinski definition) is 2. The van der Waals surface area contributed by atoms with Gasteiger partial charge in [-0.25, -0.2) is 0 Å². The number of rotatable bonds is 6. The number of para-hydroxylation sites is 1. The van der Waals surface area contributed by atoms with Gasteiger partial charge in [0.1, 0.15) is 5.01 Å². The maximum absolute atomic E-state index is 12.6. The number of nitrogens with one attached hydrogen (secondary N) is 2. The topological polar surface area (TPSA) is 127 Å². The van der Waals surface area contributed by atoms with Crippen LogP contribution < -0.4 is 10.6 Å². The van der Waals surface area contributed by atoms with Crippen molar-refractivity contribution in [3.05, 3.63) is 74.8 Å². The van der Waals surface area contributed by atoms with Crippen molar-refractivity contribution in [3.8, 4) is 0 Å². The minimum atomic E-state index is -0.543. The van der Waals surface area contributed by atoms with E-state index < -0.39 is 16.7 Å². The highest BCUT2D eigenvalue weighted by atomic mass is 32.1. The van der Waals surface area contributed by atoms with E-state index >= 15 is 0 Å². The van der Waals surface area contributed by atoms with Gasteiger partial charge < -0.3 is 5.32 Å². The van der Waals surface area contributed by atoms with E-state index in [9.17, 15) is 19.7 Å². The van der Waals surface area contributed by atoms with Gasteiger partial charge in [0.05, 0.1) is 16.2 Å². The van der Waals surface area contributed by atoms with E-state index in [0.717, 1.165) is 11.4 Å². The zero-order valence-corrected chi connectivity index (χ0v) is 15.5. The van der Waals surface area contributed by atoms with Gasteiger partial charge in [-0.05, 0) is 30.7 Å². The largest absolute Gasteiger partial charge is 0.321 e. The Morgan fingerprint density at radius 2 is 1.75 bits per heavy atom. The molecule has 142 valence electrons. The molecule has 0 fully saturated rings. The molecule has 0 radical (unpaired) electrons. The number of non-ortho nitro benzene ring substituents is 1. The molecule has 9 nitrogen and oxygen atoms in total. The lowest BCUT2D eigenvalue weighted by Crippen LogP contribution is -2.18. The minimum Gasteiger partial charge on any atom is -0.321 e. The van der Waals surface area contributed by atoms with Crippen LogP contribution >= 0.6 is 11.3 Å². The number of carbonyl (C=O) groups excluding carboxylic acids is 2. The summed E-state index contributed by atoms with van der Waals surface area (Å²) in [6.07, 6.45) is 0.718. The molecule has 0 unspecified atom stereocenters. The third-order valence-corrected chi connectivity index (χ3v) is 4.73. The molecule has 2 N–H and O–H groups in total. The third kappa shape index (κ3) is 4.35. The Morgan fingerprint density at radius 3 is 2.39 bits per heavy atom. The lowest BCUT2D eigenvalue weighted by molar-refractivity contribution is -0.384. The second-order valence-electron chi connectivity index (χ2n) is 5.61. The summed E-state index contributed by atoms with van der Waals surface area (Å²) in [4.78, 5) is 35.2. The third-order valence-electron chi connectivity index (χ3n) is 3.75. The fourth-order valence-corrected chi connectivity index (χ4v) is 3.01. The average molecular weight is 397 g/mol. The van der Waals surface area contributed by atoms with Gasteiger partial charge in [-0.2, -0.15) is 0 Å². The summed E-state index contributed by atoms with van der Waals surface area (Å²) in [6, 6.07) is 11.7. The predicted molar refractivity (Wildman–Crippen MR) is 105 cm³/mol. The van der Waals surface area contributed by atoms with Crippen LogP contribution in [0.1, 0.15) is 32.6 Å². The smallest absolute Gasteiger partial charge is 0.269 e. The van der Waals surface area contributed by atoms with Gasteiger partial charge in [0, 0.05) is 17.7 Å². The molecule has 28 heavy (non-hydrogen) atoms. The van der Waals surface area contributed by atoms with E-state index in [1.165, 1.54) is 35.6 Å². The number of nitro groups is 1. The quantitative estimate of drug-likeness (QED) is 0.484. The summed E-state index contributed by atoms with van der Waals surface area (Å²) in [7, 11) is 0. The number of hydrogen-bond acceptors (Lipinski definition) is 7. The normalized spacial score (nSPS) is 10.3. The maximum atomic E-state index is 12.6. The van der Waals surface area contributed by atoms with Crippen LogP contribution in [0.3, 0.4) is 0 Å². The Labute approximate surface area is 163 Å². The van der Waals surface area contributed by atoms with Gasteiger partial charge in [-0.15, -0.1) is 10.2 Å². The van der Waals surface area contributed by atoms with E-state index in [1.54, 1.807) is 24.3 Å². The Balaban J connectivity index is 1.76. The van der Waals surface area contributed by atoms with Crippen LogP contribution in [-0.2, 0) is 6.42 Å². The molecule has 10 heteroatoms. The fraction of sp³-hybridized carbons (Fsp3) is 0.111. The molecular formula is C18H15N5O4S. The van der Waals surface area contributed by atoms with Gasteiger partial charge >= 0.3 is 0 Å². The molecular weight excluding hydrogens is 382 g/mol. The molecule has 0 aliphatic heterocycles. The van der Waals surface area contributed by atoms with Crippen molar-refractivity contribution < 1.29 is 14.5 Å². The number of nitro benzene ring substituents is 1. The number of aromatic nitrogens is 2. The molecule has 2 aromatic carbocycles. The maximum Gasteiger partial charge on any atom is 0.269 e. The van der Waals surface area contributed by atoms with Crippen LogP contribution in [0.2, 0.25) is 0 Å². The number of benzene rings is 2. The lowest BCUT2D eigenvalue weighted by Gasteiger charge is -2.10. The Bertz CT molecular complexity index is 1030. The summed E-state index contributed by atoms with van der Waals surface area (Å²) >= 11 is 1.28. The van der Waals surface area contributed by atoms with E-state index in [-0.39, 0.29) is 16.8 Å². The number of amides is 2. The molecule has 1 heterocycles. The first-order valence-electron chi connectivity index (χ1n) is 8.26. The zero-order valence-electron chi connectivity index (χ0n) is 14.7. The van der Waals surface area contributed by atoms with Crippen molar-refractivity contribution in [1.82, 2.24) is 10.2 Å². The Morgan fingerprint density at radius 1 is 1.04 bits per heavy atom. The molecule has 3 rings (SSSR count). The van der Waals surface area contributed by atoms with Gasteiger partial charge in [0.2, 0.25) is 5.13 Å². The number of carbonyl (C=O) groups is 2. The van der Waals surface area contributed by atoms with Crippen molar-refractivity contribution in [1.29, 1.82) is 0 Å². The van der Waals surface area contributed by atoms with Crippen LogP contribution in [0.5, 0.6) is 0 Å². The van der Waals surface area contributed by atoms with E-state index in [1.807, 2.05) is 6.92 Å². The average Bonchev–Trinajstić information content (AvgIpc) is 3.16. The summed E-state index contributed by atoms with van der Waals surface area (Å²) in [5.41, 5.74) is 0.687. The minimum absolute atomic E-state index is 0.111. The first-order chi connectivity index (χ1) is 13.5. The van der Waals surface area contributed by atoms with Crippen molar-refractivity contribution in [3.63, 3.8) is 0 Å². The van der Waals surface area contributed by atoms with E-state index in [0.29, 0.717) is 10.8 Å². The first kappa shape index (κ1) is 19.1. The van der Waals surface area contributed by atoms with Gasteiger partial charge in [-0.1, -0.05) is 30.4 Å². The van der Waals surface area contributed by atoms with Crippen LogP contribution in [-0.4, -0.2) is 26.9 Å². The van der Waals surface area contributed by atoms with Crippen molar-refractivity contribution >= 4 is 39.7 Å². The van der Waals surface area contributed by atoms with E-state index in [2.05, 4.69) is 20.8 Å². The molecule has 0 atom stereocenters. The summed E-state index contributed by atoms with van der Waals surface area (Å²) in [5, 5.41) is 25.1. The highest BCUT2D eigenvalue weighted by Gasteiger charge is 2.16. The van der Waals surface area contributed by atoms with Gasteiger partial charge in [0.15, 0.2) is 0 Å². The lowest BCUT2D eigenvalue weighted by atomic mass is 10.1. The Kier molecular flexibility index (Phi) is 5.70. The van der Waals surface area contributed by atoms with Crippen LogP contribution in [0.25, 0.3) is 0 Å². The predicted octanol–water partition coefficient (Wildman–Crippen LogP) is 3.51. The molecule has 0 spiro atoms. The van der Waals surface area contributed by atoms with Gasteiger partial charge in [0.25, 0.3) is 17.5 Å². The highest BCUT2D eigenvalue weighted by Crippen LogP contribution is 2.21.